The number of allylic oxidation sites excluding steroid dienone is 2. The summed E-state index contributed by atoms with van der Waals surface area (Å²) in [6.07, 6.45) is 12.2. The van der Waals surface area contributed by atoms with Crippen LogP contribution in [0.2, 0.25) is 0 Å². The van der Waals surface area contributed by atoms with E-state index in [1.165, 1.54) is 44.9 Å². The maximum absolute atomic E-state index is 10.4. The molecule has 0 saturated heterocycles. The minimum atomic E-state index is -0.785. The van der Waals surface area contributed by atoms with Gasteiger partial charge in [0.2, 0.25) is 0 Å². The predicted octanol–water partition coefficient (Wildman–Crippen LogP) is 4.02. The van der Waals surface area contributed by atoms with Gasteiger partial charge in [-0.05, 0) is 51.4 Å². The summed E-state index contributed by atoms with van der Waals surface area (Å²) in [6.45, 7) is 3.32. The molecule has 2 saturated carbocycles. The Morgan fingerprint density at radius 2 is 1.10 bits per heavy atom. The molecule has 118 valence electrons. The first-order valence-corrected chi connectivity index (χ1v) is 7.73. The van der Waals surface area contributed by atoms with Crippen LogP contribution in [0.1, 0.15) is 58.8 Å². The molecular weight excluding hydrogens is 268 g/mol. The maximum Gasteiger partial charge on any atom is 0.330 e. The SMILES string of the molecule is CC(=CC1CCC1)C(=O)O.CC(=CC1CCCC1)C(=O)O. The van der Waals surface area contributed by atoms with Gasteiger partial charge in [0.15, 0.2) is 0 Å². The van der Waals surface area contributed by atoms with Gasteiger partial charge in [-0.3, -0.25) is 0 Å². The van der Waals surface area contributed by atoms with Gasteiger partial charge >= 0.3 is 11.9 Å². The van der Waals surface area contributed by atoms with Crippen molar-refractivity contribution < 1.29 is 19.8 Å². The number of aliphatic carboxylic acids is 2. The fraction of sp³-hybridized carbons (Fsp3) is 0.647. The van der Waals surface area contributed by atoms with E-state index in [1.54, 1.807) is 13.8 Å². The van der Waals surface area contributed by atoms with Gasteiger partial charge in [0, 0.05) is 11.1 Å². The Labute approximate surface area is 126 Å². The fourth-order valence-electron chi connectivity index (χ4n) is 2.58. The van der Waals surface area contributed by atoms with Crippen molar-refractivity contribution in [2.75, 3.05) is 0 Å². The Kier molecular flexibility index (Phi) is 7.20. The molecule has 0 aromatic rings. The molecule has 2 rings (SSSR count). The molecule has 0 unspecified atom stereocenters. The molecule has 21 heavy (non-hydrogen) atoms. The molecule has 2 aliphatic rings. The van der Waals surface area contributed by atoms with Gasteiger partial charge in [0.1, 0.15) is 0 Å². The van der Waals surface area contributed by atoms with Crippen LogP contribution >= 0.6 is 0 Å². The van der Waals surface area contributed by atoms with E-state index in [0.717, 1.165) is 0 Å². The van der Waals surface area contributed by atoms with Gasteiger partial charge in [-0.15, -0.1) is 0 Å². The van der Waals surface area contributed by atoms with Crippen LogP contribution in [0.3, 0.4) is 0 Å². The molecule has 0 heterocycles. The quantitative estimate of drug-likeness (QED) is 0.768. The van der Waals surface area contributed by atoms with E-state index in [4.69, 9.17) is 10.2 Å². The summed E-state index contributed by atoms with van der Waals surface area (Å²) in [5.74, 6) is -0.481. The normalized spacial score (nSPS) is 20.5. The average molecular weight is 294 g/mol. The zero-order valence-corrected chi connectivity index (χ0v) is 13.0. The molecule has 2 fully saturated rings. The number of carboxylic acids is 2. The number of carboxylic acid groups (broad SMARTS) is 2. The van der Waals surface area contributed by atoms with Gasteiger partial charge in [0.05, 0.1) is 0 Å². The second-order valence-electron chi connectivity index (χ2n) is 6.05. The zero-order chi connectivity index (χ0) is 15.8. The van der Waals surface area contributed by atoms with Crippen LogP contribution in [0.25, 0.3) is 0 Å². The van der Waals surface area contributed by atoms with Crippen LogP contribution in [0.4, 0.5) is 0 Å². The lowest BCUT2D eigenvalue weighted by molar-refractivity contribution is -0.133. The third-order valence-corrected chi connectivity index (χ3v) is 4.20. The van der Waals surface area contributed by atoms with Crippen molar-refractivity contribution in [2.45, 2.75) is 58.8 Å². The minimum absolute atomic E-state index is 0.490. The summed E-state index contributed by atoms with van der Waals surface area (Å²) >= 11 is 0. The number of hydrogen-bond acceptors (Lipinski definition) is 2. The van der Waals surface area contributed by atoms with Gasteiger partial charge in [-0.25, -0.2) is 9.59 Å². The molecule has 4 heteroatoms. The van der Waals surface area contributed by atoms with Gasteiger partial charge in [-0.2, -0.15) is 0 Å². The van der Waals surface area contributed by atoms with Gasteiger partial charge in [0.25, 0.3) is 0 Å². The smallest absolute Gasteiger partial charge is 0.330 e. The molecule has 0 atom stereocenters. The third kappa shape index (κ3) is 6.61. The maximum atomic E-state index is 10.4. The number of carbonyl (C=O) groups is 2. The standard InChI is InChI=1S/C9H14O2.C8H12O2/c1-7(9(10)11)6-8-4-2-3-5-8;1-6(8(9)10)5-7-3-2-4-7/h6,8H,2-5H2,1H3,(H,10,11);5,7H,2-4H2,1H3,(H,9,10). The minimum Gasteiger partial charge on any atom is -0.478 e. The molecule has 4 nitrogen and oxygen atoms in total. The van der Waals surface area contributed by atoms with Crippen LogP contribution < -0.4 is 0 Å². The summed E-state index contributed by atoms with van der Waals surface area (Å²) in [7, 11) is 0. The monoisotopic (exact) mass is 294 g/mol. The highest BCUT2D eigenvalue weighted by Gasteiger charge is 2.16. The second-order valence-corrected chi connectivity index (χ2v) is 6.05. The molecule has 2 aliphatic carbocycles. The number of rotatable bonds is 4. The van der Waals surface area contributed by atoms with Gasteiger partial charge in [-0.1, -0.05) is 31.4 Å². The van der Waals surface area contributed by atoms with Crippen LogP contribution in [0.15, 0.2) is 23.3 Å². The van der Waals surface area contributed by atoms with Crippen molar-refractivity contribution >= 4 is 11.9 Å². The van der Waals surface area contributed by atoms with E-state index in [0.29, 0.717) is 23.0 Å². The number of hydrogen-bond donors (Lipinski definition) is 2. The largest absolute Gasteiger partial charge is 0.478 e. The molecule has 0 bridgehead atoms. The molecule has 0 aromatic heterocycles. The summed E-state index contributed by atoms with van der Waals surface area (Å²) in [5.41, 5.74) is 0.988. The molecule has 0 aromatic carbocycles. The topological polar surface area (TPSA) is 74.6 Å². The van der Waals surface area contributed by atoms with Crippen molar-refractivity contribution in [3.05, 3.63) is 23.3 Å². The molecule has 0 amide bonds. The average Bonchev–Trinajstić information content (AvgIpc) is 2.86. The molecule has 2 N–H and O–H groups in total. The second kappa shape index (κ2) is 8.65. The van der Waals surface area contributed by atoms with Crippen LogP contribution in [-0.2, 0) is 9.59 Å². The molecule has 0 aliphatic heterocycles. The first kappa shape index (κ1) is 17.5. The van der Waals surface area contributed by atoms with Crippen LogP contribution in [0, 0.1) is 11.8 Å². The Morgan fingerprint density at radius 3 is 1.33 bits per heavy atom. The van der Waals surface area contributed by atoms with Crippen LogP contribution in [0.5, 0.6) is 0 Å². The van der Waals surface area contributed by atoms with E-state index < -0.39 is 11.9 Å². The lowest BCUT2D eigenvalue weighted by Crippen LogP contribution is -2.09. The highest BCUT2D eigenvalue weighted by molar-refractivity contribution is 5.86. The van der Waals surface area contributed by atoms with E-state index in [9.17, 15) is 9.59 Å². The highest BCUT2D eigenvalue weighted by atomic mass is 16.4. The summed E-state index contributed by atoms with van der Waals surface area (Å²) < 4.78 is 0. The highest BCUT2D eigenvalue weighted by Crippen LogP contribution is 2.28. The molecule has 0 spiro atoms. The lowest BCUT2D eigenvalue weighted by atomic mass is 9.84. The fourth-order valence-corrected chi connectivity index (χ4v) is 2.58. The van der Waals surface area contributed by atoms with Crippen molar-refractivity contribution in [1.29, 1.82) is 0 Å². The summed E-state index contributed by atoms with van der Waals surface area (Å²) in [4.78, 5) is 20.7. The van der Waals surface area contributed by atoms with Crippen molar-refractivity contribution in [2.24, 2.45) is 11.8 Å². The Morgan fingerprint density at radius 1 is 0.762 bits per heavy atom. The predicted molar refractivity (Wildman–Crippen MR) is 82.1 cm³/mol. The van der Waals surface area contributed by atoms with Crippen molar-refractivity contribution in [3.63, 3.8) is 0 Å². The van der Waals surface area contributed by atoms with E-state index in [2.05, 4.69) is 0 Å². The van der Waals surface area contributed by atoms with E-state index in [-0.39, 0.29) is 0 Å². The van der Waals surface area contributed by atoms with Crippen molar-refractivity contribution in [1.82, 2.24) is 0 Å². The Balaban J connectivity index is 0.000000211. The third-order valence-electron chi connectivity index (χ3n) is 4.20. The molecule has 0 radical (unpaired) electrons. The van der Waals surface area contributed by atoms with Crippen LogP contribution in [-0.4, -0.2) is 22.2 Å². The van der Waals surface area contributed by atoms with E-state index in [1.807, 2.05) is 12.2 Å². The first-order chi connectivity index (χ1) is 9.90. The Bertz CT molecular complexity index is 424. The van der Waals surface area contributed by atoms with E-state index >= 15 is 0 Å². The lowest BCUT2D eigenvalue weighted by Gasteiger charge is -2.21. The summed E-state index contributed by atoms with van der Waals surface area (Å²) in [6, 6.07) is 0. The molecular formula is C17H26O4. The zero-order valence-electron chi connectivity index (χ0n) is 13.0. The first-order valence-electron chi connectivity index (χ1n) is 7.73. The van der Waals surface area contributed by atoms with Crippen molar-refractivity contribution in [3.8, 4) is 0 Å². The van der Waals surface area contributed by atoms with Gasteiger partial charge < -0.3 is 10.2 Å². The Hall–Kier alpha value is -1.58. The summed E-state index contributed by atoms with van der Waals surface area (Å²) in [5, 5.41) is 17.1.